The molecule has 0 unspecified atom stereocenters. The second kappa shape index (κ2) is 6.42. The molecule has 0 atom stereocenters. The van der Waals surface area contributed by atoms with E-state index in [2.05, 4.69) is 5.32 Å². The molecule has 5 saturated carbocycles. The minimum atomic E-state index is -0.629. The molecular formula is C20H30N2O5. The molecule has 6 aliphatic rings. The van der Waals surface area contributed by atoms with E-state index in [9.17, 15) is 9.59 Å². The fourth-order valence-corrected chi connectivity index (χ4v) is 6.64. The SMILES string of the molecule is NC(=O)CNC(=O)CC1CCC2(CC1)OOC1(O2)C2CC3CC(C2)CC1C3. The first-order chi connectivity index (χ1) is 13.0. The third-order valence-electron chi connectivity index (χ3n) is 7.75. The summed E-state index contributed by atoms with van der Waals surface area (Å²) in [6.07, 6.45) is 9.94. The number of hydrogen-bond acceptors (Lipinski definition) is 5. The Morgan fingerprint density at radius 2 is 1.59 bits per heavy atom. The summed E-state index contributed by atoms with van der Waals surface area (Å²) >= 11 is 0. The zero-order valence-electron chi connectivity index (χ0n) is 15.8. The Bertz CT molecular complexity index is 600. The van der Waals surface area contributed by atoms with Gasteiger partial charge in [-0.25, -0.2) is 0 Å². The van der Waals surface area contributed by atoms with Crippen molar-refractivity contribution in [2.45, 2.75) is 75.8 Å². The fourth-order valence-electron chi connectivity index (χ4n) is 6.64. The van der Waals surface area contributed by atoms with E-state index < -0.39 is 17.5 Å². The van der Waals surface area contributed by atoms with E-state index in [1.165, 1.54) is 32.1 Å². The summed E-state index contributed by atoms with van der Waals surface area (Å²) in [6.45, 7) is -0.0944. The molecule has 7 nitrogen and oxygen atoms in total. The topological polar surface area (TPSA) is 99.9 Å². The highest BCUT2D eigenvalue weighted by Gasteiger charge is 2.66. The van der Waals surface area contributed by atoms with Crippen LogP contribution < -0.4 is 11.1 Å². The summed E-state index contributed by atoms with van der Waals surface area (Å²) in [5.41, 5.74) is 5.07. The van der Waals surface area contributed by atoms with E-state index in [4.69, 9.17) is 20.2 Å². The third-order valence-corrected chi connectivity index (χ3v) is 7.75. The smallest absolute Gasteiger partial charge is 0.236 e. The molecule has 0 aromatic rings. The van der Waals surface area contributed by atoms with Gasteiger partial charge in [0.1, 0.15) is 0 Å². The Morgan fingerprint density at radius 1 is 0.963 bits per heavy atom. The number of primary amides is 1. The predicted molar refractivity (Wildman–Crippen MR) is 94.5 cm³/mol. The largest absolute Gasteiger partial charge is 0.368 e. The molecular weight excluding hydrogens is 348 g/mol. The van der Waals surface area contributed by atoms with Gasteiger partial charge in [0.15, 0.2) is 0 Å². The molecule has 5 aliphatic carbocycles. The minimum absolute atomic E-state index is 0.0944. The van der Waals surface area contributed by atoms with E-state index in [0.29, 0.717) is 18.3 Å². The molecule has 150 valence electrons. The lowest BCUT2D eigenvalue weighted by Crippen LogP contribution is -2.59. The van der Waals surface area contributed by atoms with Crippen molar-refractivity contribution in [3.05, 3.63) is 0 Å². The number of nitrogens with two attached hydrogens (primary N) is 1. The Kier molecular flexibility index (Phi) is 4.26. The maximum absolute atomic E-state index is 11.9. The lowest BCUT2D eigenvalue weighted by Gasteiger charge is -2.57. The number of carbonyl (C=O) groups excluding carboxylic acids is 2. The fraction of sp³-hybridized carbons (Fsp3) is 0.900. The Hall–Kier alpha value is -1.18. The van der Waals surface area contributed by atoms with Crippen LogP contribution in [-0.2, 0) is 24.1 Å². The summed E-state index contributed by atoms with van der Waals surface area (Å²) in [5.74, 6) is 1.18. The van der Waals surface area contributed by atoms with Crippen LogP contribution in [0.15, 0.2) is 0 Å². The van der Waals surface area contributed by atoms with Crippen LogP contribution in [0.3, 0.4) is 0 Å². The zero-order chi connectivity index (χ0) is 18.6. The van der Waals surface area contributed by atoms with Crippen LogP contribution in [0.25, 0.3) is 0 Å². The van der Waals surface area contributed by atoms with Crippen molar-refractivity contribution < 1.29 is 24.1 Å². The van der Waals surface area contributed by atoms with Gasteiger partial charge in [-0.3, -0.25) is 9.59 Å². The van der Waals surface area contributed by atoms with E-state index in [-0.39, 0.29) is 18.4 Å². The molecule has 1 aliphatic heterocycles. The first-order valence-electron chi connectivity index (χ1n) is 10.6. The molecule has 3 N–H and O–H groups in total. The number of hydrogen-bond donors (Lipinski definition) is 2. The van der Waals surface area contributed by atoms with E-state index in [1.54, 1.807) is 0 Å². The van der Waals surface area contributed by atoms with Crippen LogP contribution >= 0.6 is 0 Å². The average molecular weight is 378 g/mol. The normalized spacial score (nSPS) is 47.6. The van der Waals surface area contributed by atoms with Crippen molar-refractivity contribution in [3.63, 3.8) is 0 Å². The number of rotatable bonds is 4. The van der Waals surface area contributed by atoms with Gasteiger partial charge in [0, 0.05) is 31.1 Å². The summed E-state index contributed by atoms with van der Waals surface area (Å²) in [7, 11) is 0. The van der Waals surface area contributed by atoms with Crippen molar-refractivity contribution >= 4 is 11.8 Å². The third kappa shape index (κ3) is 3.08. The van der Waals surface area contributed by atoms with E-state index in [0.717, 1.165) is 37.5 Å². The highest BCUT2D eigenvalue weighted by molar-refractivity contribution is 5.83. The standard InChI is InChI=1S/C20H30N2O5/c21-17(23)11-22-18(24)10-12-1-3-19(4-2-12)25-20(27-26-19)15-6-13-5-14(8-15)9-16(20)7-13/h12-16H,1-11H2,(H2,21,23)(H,22,24). The van der Waals surface area contributed by atoms with Gasteiger partial charge in [-0.05, 0) is 62.7 Å². The van der Waals surface area contributed by atoms with Gasteiger partial charge in [0.25, 0.3) is 0 Å². The lowest BCUT2D eigenvalue weighted by atomic mass is 9.53. The van der Waals surface area contributed by atoms with Gasteiger partial charge in [0.2, 0.25) is 23.4 Å². The van der Waals surface area contributed by atoms with Crippen molar-refractivity contribution in [1.82, 2.24) is 5.32 Å². The number of nitrogens with one attached hydrogen (secondary N) is 1. The van der Waals surface area contributed by atoms with E-state index in [1.807, 2.05) is 0 Å². The van der Waals surface area contributed by atoms with Gasteiger partial charge in [-0.1, -0.05) is 0 Å². The summed E-state index contributed by atoms with van der Waals surface area (Å²) in [5, 5.41) is 2.57. The number of carbonyl (C=O) groups is 2. The molecule has 0 radical (unpaired) electrons. The average Bonchev–Trinajstić information content (AvgIpc) is 3.00. The lowest BCUT2D eigenvalue weighted by molar-refractivity contribution is -0.390. The first kappa shape index (κ1) is 17.9. The molecule has 1 saturated heterocycles. The highest BCUT2D eigenvalue weighted by atomic mass is 17.3. The molecule has 0 aromatic heterocycles. The number of ether oxygens (including phenoxy) is 1. The molecule has 6 rings (SSSR count). The molecule has 7 heteroatoms. The minimum Gasteiger partial charge on any atom is -0.368 e. The van der Waals surface area contributed by atoms with Gasteiger partial charge in [-0.15, -0.1) is 0 Å². The Balaban J connectivity index is 1.18. The second-order valence-electron chi connectivity index (χ2n) is 9.60. The van der Waals surface area contributed by atoms with Crippen LogP contribution in [-0.4, -0.2) is 29.9 Å². The summed E-state index contributed by atoms with van der Waals surface area (Å²) in [6, 6.07) is 0. The Morgan fingerprint density at radius 3 is 2.19 bits per heavy atom. The zero-order valence-corrected chi connectivity index (χ0v) is 15.8. The maximum Gasteiger partial charge on any atom is 0.236 e. The first-order valence-corrected chi connectivity index (χ1v) is 10.6. The molecule has 4 bridgehead atoms. The van der Waals surface area contributed by atoms with Gasteiger partial charge in [-0.2, -0.15) is 9.78 Å². The number of amides is 2. The van der Waals surface area contributed by atoms with Crippen molar-refractivity contribution in [3.8, 4) is 0 Å². The molecule has 6 fully saturated rings. The quantitative estimate of drug-likeness (QED) is 0.729. The molecule has 2 spiro atoms. The van der Waals surface area contributed by atoms with Crippen molar-refractivity contribution in [2.24, 2.45) is 35.3 Å². The van der Waals surface area contributed by atoms with Crippen molar-refractivity contribution in [1.29, 1.82) is 0 Å². The van der Waals surface area contributed by atoms with Gasteiger partial charge < -0.3 is 15.8 Å². The molecule has 2 amide bonds. The highest BCUT2D eigenvalue weighted by Crippen LogP contribution is 2.63. The van der Waals surface area contributed by atoms with Crippen LogP contribution in [0.2, 0.25) is 0 Å². The summed E-state index contributed by atoms with van der Waals surface area (Å²) in [4.78, 5) is 34.7. The van der Waals surface area contributed by atoms with Crippen LogP contribution in [0, 0.1) is 29.6 Å². The maximum atomic E-state index is 11.9. The van der Waals surface area contributed by atoms with E-state index >= 15 is 0 Å². The molecule has 0 aromatic carbocycles. The van der Waals surface area contributed by atoms with Crippen molar-refractivity contribution in [2.75, 3.05) is 6.54 Å². The summed E-state index contributed by atoms with van der Waals surface area (Å²) < 4.78 is 6.68. The monoisotopic (exact) mass is 378 g/mol. The van der Waals surface area contributed by atoms with Gasteiger partial charge >= 0.3 is 0 Å². The van der Waals surface area contributed by atoms with Crippen LogP contribution in [0.4, 0.5) is 0 Å². The van der Waals surface area contributed by atoms with Crippen LogP contribution in [0.5, 0.6) is 0 Å². The van der Waals surface area contributed by atoms with Gasteiger partial charge in [0.05, 0.1) is 6.54 Å². The second-order valence-corrected chi connectivity index (χ2v) is 9.60. The van der Waals surface area contributed by atoms with Crippen LogP contribution in [0.1, 0.15) is 64.2 Å². The molecule has 27 heavy (non-hydrogen) atoms. The predicted octanol–water partition coefficient (Wildman–Crippen LogP) is 2.00. The Labute approximate surface area is 159 Å². The molecule has 1 heterocycles.